The molecular formula is C21H17NOS. The van der Waals surface area contributed by atoms with E-state index in [9.17, 15) is 0 Å². The van der Waals surface area contributed by atoms with Gasteiger partial charge >= 0.3 is 0 Å². The van der Waals surface area contributed by atoms with Crippen LogP contribution >= 0.6 is 11.8 Å². The van der Waals surface area contributed by atoms with E-state index in [4.69, 9.17) is 4.74 Å². The Morgan fingerprint density at radius 1 is 0.875 bits per heavy atom. The summed E-state index contributed by atoms with van der Waals surface area (Å²) in [6.07, 6.45) is 1.54. The number of hydrogen-bond donors (Lipinski definition) is 0. The second-order valence-corrected chi connectivity index (χ2v) is 6.28. The lowest BCUT2D eigenvalue weighted by Gasteiger charge is -2.09. The van der Waals surface area contributed by atoms with Gasteiger partial charge in [-0.1, -0.05) is 41.9 Å². The van der Waals surface area contributed by atoms with Crippen LogP contribution in [0.1, 0.15) is 12.6 Å². The highest BCUT2D eigenvalue weighted by Gasteiger charge is 2.01. The summed E-state index contributed by atoms with van der Waals surface area (Å²) in [5, 5.41) is 0. The largest absolute Gasteiger partial charge is 0.478 e. The number of aromatic nitrogens is 1. The van der Waals surface area contributed by atoms with E-state index in [1.807, 2.05) is 55.5 Å². The molecule has 1 unspecified atom stereocenters. The van der Waals surface area contributed by atoms with Crippen LogP contribution in [0.3, 0.4) is 0 Å². The molecule has 24 heavy (non-hydrogen) atoms. The van der Waals surface area contributed by atoms with Gasteiger partial charge in [0.1, 0.15) is 11.4 Å². The van der Waals surface area contributed by atoms with Gasteiger partial charge in [0.15, 0.2) is 6.10 Å². The third-order valence-electron chi connectivity index (χ3n) is 3.18. The first-order chi connectivity index (χ1) is 11.8. The van der Waals surface area contributed by atoms with Crippen molar-refractivity contribution >= 4 is 11.8 Å². The molecule has 0 radical (unpaired) electrons. The average Bonchev–Trinajstić information content (AvgIpc) is 2.63. The molecule has 0 saturated heterocycles. The highest BCUT2D eigenvalue weighted by atomic mass is 32.2. The van der Waals surface area contributed by atoms with Crippen molar-refractivity contribution in [2.75, 3.05) is 0 Å². The minimum absolute atomic E-state index is 0.195. The molecule has 0 aliphatic rings. The Bertz CT molecular complexity index is 820. The summed E-state index contributed by atoms with van der Waals surface area (Å²) < 4.78 is 5.83. The monoisotopic (exact) mass is 331 g/mol. The average molecular weight is 331 g/mol. The molecule has 0 amide bonds. The number of hydrogen-bond acceptors (Lipinski definition) is 3. The summed E-state index contributed by atoms with van der Waals surface area (Å²) >= 11 is 1.73. The lowest BCUT2D eigenvalue weighted by atomic mass is 10.3. The standard InChI is InChI=1S/C21H17NOS/c1-17(10-11-18-7-5-6-16-22-18)23-19-12-14-21(15-13-19)24-20-8-3-2-4-9-20/h2-9,12-17H,1H3. The maximum atomic E-state index is 5.83. The Hall–Kier alpha value is -2.70. The maximum Gasteiger partial charge on any atom is 0.156 e. The van der Waals surface area contributed by atoms with E-state index in [2.05, 4.69) is 41.1 Å². The quantitative estimate of drug-likeness (QED) is 0.624. The van der Waals surface area contributed by atoms with Gasteiger partial charge in [-0.25, -0.2) is 4.98 Å². The van der Waals surface area contributed by atoms with E-state index in [0.29, 0.717) is 0 Å². The summed E-state index contributed by atoms with van der Waals surface area (Å²) in [5.74, 6) is 6.90. The van der Waals surface area contributed by atoms with Crippen molar-refractivity contribution < 1.29 is 4.74 Å². The predicted molar refractivity (Wildman–Crippen MR) is 98.2 cm³/mol. The third kappa shape index (κ3) is 4.91. The molecule has 0 aliphatic carbocycles. The van der Waals surface area contributed by atoms with E-state index in [0.717, 1.165) is 11.4 Å². The fourth-order valence-electron chi connectivity index (χ4n) is 2.06. The molecule has 1 aromatic heterocycles. The Morgan fingerprint density at radius 3 is 2.29 bits per heavy atom. The summed E-state index contributed by atoms with van der Waals surface area (Å²) in [4.78, 5) is 6.58. The number of nitrogens with zero attached hydrogens (tertiary/aromatic N) is 1. The zero-order valence-corrected chi connectivity index (χ0v) is 14.2. The Morgan fingerprint density at radius 2 is 1.58 bits per heavy atom. The van der Waals surface area contributed by atoms with Crippen molar-refractivity contribution in [1.82, 2.24) is 4.98 Å². The van der Waals surface area contributed by atoms with Crippen LogP contribution in [0.25, 0.3) is 0 Å². The lowest BCUT2D eigenvalue weighted by molar-refractivity contribution is 0.278. The lowest BCUT2D eigenvalue weighted by Crippen LogP contribution is -2.08. The van der Waals surface area contributed by atoms with Crippen molar-refractivity contribution in [1.29, 1.82) is 0 Å². The van der Waals surface area contributed by atoms with Gasteiger partial charge in [-0.15, -0.1) is 0 Å². The van der Waals surface area contributed by atoms with Crippen molar-refractivity contribution in [3.63, 3.8) is 0 Å². The first-order valence-corrected chi connectivity index (χ1v) is 8.53. The van der Waals surface area contributed by atoms with Crippen molar-refractivity contribution in [3.8, 4) is 17.6 Å². The Kier molecular flexibility index (Phi) is 5.55. The van der Waals surface area contributed by atoms with Gasteiger partial charge in [0, 0.05) is 16.0 Å². The Labute approximate surface area is 146 Å². The number of benzene rings is 2. The van der Waals surface area contributed by atoms with Crippen LogP contribution in [0.15, 0.2) is 88.8 Å². The first kappa shape index (κ1) is 16.2. The summed E-state index contributed by atoms with van der Waals surface area (Å²) in [6, 6.07) is 24.1. The smallest absolute Gasteiger partial charge is 0.156 e. The van der Waals surface area contributed by atoms with Crippen LogP contribution in [0.5, 0.6) is 5.75 Å². The normalized spacial score (nSPS) is 11.2. The Balaban J connectivity index is 1.59. The van der Waals surface area contributed by atoms with Crippen molar-refractivity contribution in [3.05, 3.63) is 84.7 Å². The molecule has 0 N–H and O–H groups in total. The molecule has 0 spiro atoms. The fourth-order valence-corrected chi connectivity index (χ4v) is 2.89. The van der Waals surface area contributed by atoms with Crippen LogP contribution < -0.4 is 4.74 Å². The summed E-state index contributed by atoms with van der Waals surface area (Å²) in [5.41, 5.74) is 0.752. The van der Waals surface area contributed by atoms with Crippen LogP contribution in [-0.2, 0) is 0 Å². The van der Waals surface area contributed by atoms with Gasteiger partial charge in [0.25, 0.3) is 0 Å². The number of rotatable bonds is 4. The number of pyridine rings is 1. The fraction of sp³-hybridized carbons (Fsp3) is 0.0952. The predicted octanol–water partition coefficient (Wildman–Crippen LogP) is 5.05. The minimum atomic E-state index is -0.195. The van der Waals surface area contributed by atoms with E-state index in [1.165, 1.54) is 9.79 Å². The molecule has 0 aliphatic heterocycles. The highest BCUT2D eigenvalue weighted by Crippen LogP contribution is 2.28. The molecule has 0 bridgehead atoms. The molecule has 1 atom stereocenters. The third-order valence-corrected chi connectivity index (χ3v) is 4.20. The second-order valence-electron chi connectivity index (χ2n) is 5.13. The molecule has 2 aromatic carbocycles. The van der Waals surface area contributed by atoms with Gasteiger partial charge in [0.05, 0.1) is 0 Å². The molecule has 3 heteroatoms. The van der Waals surface area contributed by atoms with Gasteiger partial charge in [0.2, 0.25) is 0 Å². The SMILES string of the molecule is CC(C#Cc1ccccn1)Oc1ccc(Sc2ccccc2)cc1. The van der Waals surface area contributed by atoms with Crippen molar-refractivity contribution in [2.45, 2.75) is 22.8 Å². The van der Waals surface area contributed by atoms with E-state index in [-0.39, 0.29) is 6.10 Å². The van der Waals surface area contributed by atoms with Gasteiger partial charge in [-0.2, -0.15) is 0 Å². The first-order valence-electron chi connectivity index (χ1n) is 7.72. The van der Waals surface area contributed by atoms with Gasteiger partial charge in [-0.3, -0.25) is 0 Å². The minimum Gasteiger partial charge on any atom is -0.478 e. The zero-order chi connectivity index (χ0) is 16.6. The second kappa shape index (κ2) is 8.24. The molecule has 3 aromatic rings. The zero-order valence-electron chi connectivity index (χ0n) is 13.3. The molecule has 3 rings (SSSR count). The van der Waals surface area contributed by atoms with Crippen LogP contribution in [0.4, 0.5) is 0 Å². The molecule has 0 saturated carbocycles. The number of ether oxygens (including phenoxy) is 1. The van der Waals surface area contributed by atoms with Crippen LogP contribution in [-0.4, -0.2) is 11.1 Å². The summed E-state index contributed by atoms with van der Waals surface area (Å²) in [7, 11) is 0. The van der Waals surface area contributed by atoms with Crippen LogP contribution in [0.2, 0.25) is 0 Å². The van der Waals surface area contributed by atoms with Crippen LogP contribution in [0, 0.1) is 11.8 Å². The molecule has 2 nitrogen and oxygen atoms in total. The molecule has 0 fully saturated rings. The maximum absolute atomic E-state index is 5.83. The molecule has 118 valence electrons. The van der Waals surface area contributed by atoms with E-state index < -0.39 is 0 Å². The van der Waals surface area contributed by atoms with Gasteiger partial charge in [-0.05, 0) is 61.4 Å². The topological polar surface area (TPSA) is 22.1 Å². The van der Waals surface area contributed by atoms with Crippen molar-refractivity contribution in [2.24, 2.45) is 0 Å². The molecule has 1 heterocycles. The summed E-state index contributed by atoms with van der Waals surface area (Å²) in [6.45, 7) is 1.93. The van der Waals surface area contributed by atoms with Gasteiger partial charge < -0.3 is 4.74 Å². The highest BCUT2D eigenvalue weighted by molar-refractivity contribution is 7.99. The van der Waals surface area contributed by atoms with E-state index in [1.54, 1.807) is 18.0 Å². The van der Waals surface area contributed by atoms with E-state index >= 15 is 0 Å². The molecular weight excluding hydrogens is 314 g/mol.